The van der Waals surface area contributed by atoms with Gasteiger partial charge in [-0.1, -0.05) is 67.0 Å². The SMILES string of the molecule is CCC[C@@H](NC(=O)OCC1c2ccccc2-c2ccccc21)C(=O)NCc1cc(C(=O)O)no1. The highest BCUT2D eigenvalue weighted by Crippen LogP contribution is 2.44. The molecule has 9 nitrogen and oxygen atoms in total. The third kappa shape index (κ3) is 4.93. The molecule has 0 bridgehead atoms. The van der Waals surface area contributed by atoms with Gasteiger partial charge in [0.2, 0.25) is 5.91 Å². The molecule has 0 aliphatic heterocycles. The van der Waals surface area contributed by atoms with Crippen molar-refractivity contribution in [2.24, 2.45) is 0 Å². The van der Waals surface area contributed by atoms with Crippen molar-refractivity contribution in [2.45, 2.75) is 38.3 Å². The van der Waals surface area contributed by atoms with Gasteiger partial charge in [-0.05, 0) is 28.7 Å². The molecule has 0 saturated carbocycles. The lowest BCUT2D eigenvalue weighted by atomic mass is 9.98. The van der Waals surface area contributed by atoms with Gasteiger partial charge in [0.1, 0.15) is 12.6 Å². The van der Waals surface area contributed by atoms with E-state index in [1.165, 1.54) is 6.07 Å². The number of carbonyl (C=O) groups is 3. The summed E-state index contributed by atoms with van der Waals surface area (Å²) in [5.41, 5.74) is 4.23. The summed E-state index contributed by atoms with van der Waals surface area (Å²) in [4.78, 5) is 36.1. The molecule has 0 spiro atoms. The molecule has 0 unspecified atom stereocenters. The number of nitrogens with one attached hydrogen (secondary N) is 2. The van der Waals surface area contributed by atoms with Crippen molar-refractivity contribution in [3.8, 4) is 11.1 Å². The largest absolute Gasteiger partial charge is 0.476 e. The maximum atomic E-state index is 12.6. The third-order valence-corrected chi connectivity index (χ3v) is 5.74. The molecular formula is C25H25N3O6. The minimum atomic E-state index is -1.22. The Morgan fingerprint density at radius 2 is 1.74 bits per heavy atom. The lowest BCUT2D eigenvalue weighted by Gasteiger charge is -2.19. The van der Waals surface area contributed by atoms with Crippen molar-refractivity contribution in [3.05, 3.63) is 77.2 Å². The van der Waals surface area contributed by atoms with Crippen molar-refractivity contribution in [1.29, 1.82) is 0 Å². The number of fused-ring (bicyclic) bond motifs is 3. The Labute approximate surface area is 196 Å². The summed E-state index contributed by atoms with van der Waals surface area (Å²) in [6.45, 7) is 2.00. The predicted octanol–water partition coefficient (Wildman–Crippen LogP) is 3.70. The van der Waals surface area contributed by atoms with Crippen LogP contribution in [0.1, 0.15) is 53.1 Å². The predicted molar refractivity (Wildman–Crippen MR) is 122 cm³/mol. The molecule has 34 heavy (non-hydrogen) atoms. The maximum Gasteiger partial charge on any atom is 0.407 e. The molecule has 0 fully saturated rings. The quantitative estimate of drug-likeness (QED) is 0.441. The Balaban J connectivity index is 1.35. The topological polar surface area (TPSA) is 131 Å². The zero-order chi connectivity index (χ0) is 24.1. The first-order chi connectivity index (χ1) is 16.5. The number of ether oxygens (including phenoxy) is 1. The van der Waals surface area contributed by atoms with E-state index in [0.29, 0.717) is 12.8 Å². The average Bonchev–Trinajstić information content (AvgIpc) is 3.44. The number of aromatic nitrogens is 1. The average molecular weight is 463 g/mol. The second kappa shape index (κ2) is 10.2. The normalized spacial score (nSPS) is 13.0. The summed E-state index contributed by atoms with van der Waals surface area (Å²) in [7, 11) is 0. The number of carbonyl (C=O) groups excluding carboxylic acids is 2. The lowest BCUT2D eigenvalue weighted by molar-refractivity contribution is -0.123. The van der Waals surface area contributed by atoms with Gasteiger partial charge in [0.25, 0.3) is 0 Å². The van der Waals surface area contributed by atoms with Gasteiger partial charge in [-0.25, -0.2) is 9.59 Å². The highest BCUT2D eigenvalue weighted by atomic mass is 16.5. The first kappa shape index (κ1) is 23.0. The summed E-state index contributed by atoms with van der Waals surface area (Å²) in [5, 5.41) is 17.6. The Morgan fingerprint density at radius 3 is 2.32 bits per heavy atom. The summed E-state index contributed by atoms with van der Waals surface area (Å²) < 4.78 is 10.4. The zero-order valence-electron chi connectivity index (χ0n) is 18.6. The molecular weight excluding hydrogens is 438 g/mol. The van der Waals surface area contributed by atoms with E-state index in [1.54, 1.807) is 0 Å². The molecule has 1 heterocycles. The second-order valence-corrected chi connectivity index (χ2v) is 8.01. The van der Waals surface area contributed by atoms with E-state index in [0.717, 1.165) is 22.3 Å². The zero-order valence-corrected chi connectivity index (χ0v) is 18.6. The molecule has 4 rings (SSSR count). The van der Waals surface area contributed by atoms with Crippen LogP contribution in [0.4, 0.5) is 4.79 Å². The number of amides is 2. The van der Waals surface area contributed by atoms with Crippen molar-refractivity contribution >= 4 is 18.0 Å². The summed E-state index contributed by atoms with van der Waals surface area (Å²) in [6, 6.07) is 16.5. The Morgan fingerprint density at radius 1 is 1.09 bits per heavy atom. The second-order valence-electron chi connectivity index (χ2n) is 8.01. The number of aromatic carboxylic acids is 1. The molecule has 1 aliphatic carbocycles. The monoisotopic (exact) mass is 463 g/mol. The summed E-state index contributed by atoms with van der Waals surface area (Å²) >= 11 is 0. The van der Waals surface area contributed by atoms with Gasteiger partial charge >= 0.3 is 12.1 Å². The van der Waals surface area contributed by atoms with Gasteiger partial charge in [0.15, 0.2) is 11.5 Å². The molecule has 3 aromatic rings. The van der Waals surface area contributed by atoms with E-state index < -0.39 is 24.0 Å². The van der Waals surface area contributed by atoms with Crippen LogP contribution in [-0.2, 0) is 16.1 Å². The van der Waals surface area contributed by atoms with Gasteiger partial charge in [0, 0.05) is 12.0 Å². The fraction of sp³-hybridized carbons (Fsp3) is 0.280. The highest BCUT2D eigenvalue weighted by molar-refractivity contribution is 5.86. The fourth-order valence-electron chi connectivity index (χ4n) is 4.13. The van der Waals surface area contributed by atoms with E-state index >= 15 is 0 Å². The van der Waals surface area contributed by atoms with Crippen LogP contribution in [0.2, 0.25) is 0 Å². The van der Waals surface area contributed by atoms with Crippen molar-refractivity contribution in [3.63, 3.8) is 0 Å². The summed E-state index contributed by atoms with van der Waals surface area (Å²) in [5.74, 6) is -1.53. The van der Waals surface area contributed by atoms with Crippen LogP contribution in [0.3, 0.4) is 0 Å². The summed E-state index contributed by atoms with van der Waals surface area (Å²) in [6.07, 6.45) is 0.392. The molecule has 176 valence electrons. The van der Waals surface area contributed by atoms with Crippen LogP contribution in [0.25, 0.3) is 11.1 Å². The molecule has 1 aliphatic rings. The Kier molecular flexibility index (Phi) is 6.91. The van der Waals surface area contributed by atoms with Crippen LogP contribution in [0.15, 0.2) is 59.1 Å². The van der Waals surface area contributed by atoms with Crippen LogP contribution in [0, 0.1) is 0 Å². The lowest BCUT2D eigenvalue weighted by Crippen LogP contribution is -2.46. The number of hydrogen-bond acceptors (Lipinski definition) is 6. The van der Waals surface area contributed by atoms with Gasteiger partial charge in [0.05, 0.1) is 6.54 Å². The van der Waals surface area contributed by atoms with Crippen molar-refractivity contribution < 1.29 is 28.8 Å². The smallest absolute Gasteiger partial charge is 0.407 e. The molecule has 1 atom stereocenters. The van der Waals surface area contributed by atoms with Gasteiger partial charge in [-0.15, -0.1) is 0 Å². The highest BCUT2D eigenvalue weighted by Gasteiger charge is 2.29. The van der Waals surface area contributed by atoms with Crippen LogP contribution < -0.4 is 10.6 Å². The van der Waals surface area contributed by atoms with Crippen LogP contribution in [-0.4, -0.2) is 40.9 Å². The number of alkyl carbamates (subject to hydrolysis) is 1. The van der Waals surface area contributed by atoms with E-state index in [9.17, 15) is 14.4 Å². The van der Waals surface area contributed by atoms with Crippen LogP contribution >= 0.6 is 0 Å². The standard InChI is InChI=1S/C25H25N3O6/c1-2-7-21(23(29)26-13-15-12-22(24(30)31)28-34-15)27-25(32)33-14-20-18-10-5-3-8-16(18)17-9-4-6-11-19(17)20/h3-6,8-12,20-21H,2,7,13-14H2,1H3,(H,26,29)(H,27,32)(H,30,31)/t21-/m1/s1. The molecule has 0 radical (unpaired) electrons. The molecule has 9 heteroatoms. The maximum absolute atomic E-state index is 12.6. The molecule has 1 aromatic heterocycles. The Hall–Kier alpha value is -4.14. The van der Waals surface area contributed by atoms with Crippen LogP contribution in [0.5, 0.6) is 0 Å². The van der Waals surface area contributed by atoms with Gasteiger partial charge in [-0.3, -0.25) is 4.79 Å². The van der Waals surface area contributed by atoms with E-state index in [4.69, 9.17) is 14.4 Å². The Bertz CT molecular complexity index is 1160. The van der Waals surface area contributed by atoms with E-state index in [-0.39, 0.29) is 30.5 Å². The first-order valence-electron chi connectivity index (χ1n) is 11.1. The fourth-order valence-corrected chi connectivity index (χ4v) is 4.13. The van der Waals surface area contributed by atoms with Gasteiger partial charge < -0.3 is 25.0 Å². The van der Waals surface area contributed by atoms with E-state index in [2.05, 4.69) is 27.9 Å². The van der Waals surface area contributed by atoms with Crippen molar-refractivity contribution in [2.75, 3.05) is 6.61 Å². The number of benzene rings is 2. The number of rotatable bonds is 9. The number of hydrogen-bond donors (Lipinski definition) is 3. The number of carboxylic acids is 1. The molecule has 3 N–H and O–H groups in total. The third-order valence-electron chi connectivity index (χ3n) is 5.74. The number of carboxylic acid groups (broad SMARTS) is 1. The van der Waals surface area contributed by atoms with E-state index in [1.807, 2.05) is 43.3 Å². The first-order valence-corrected chi connectivity index (χ1v) is 11.1. The van der Waals surface area contributed by atoms with Gasteiger partial charge in [-0.2, -0.15) is 0 Å². The molecule has 0 saturated heterocycles. The minimum Gasteiger partial charge on any atom is -0.476 e. The number of nitrogens with zero attached hydrogens (tertiary/aromatic N) is 1. The van der Waals surface area contributed by atoms with Crippen molar-refractivity contribution in [1.82, 2.24) is 15.8 Å². The molecule has 2 amide bonds. The minimum absolute atomic E-state index is 0.0499. The molecule has 2 aromatic carbocycles.